The highest BCUT2D eigenvalue weighted by molar-refractivity contribution is 5.70. The minimum Gasteiger partial charge on any atom is -0.545 e. The lowest BCUT2D eigenvalue weighted by Gasteiger charge is -2.26. The molecule has 0 aromatic rings. The number of likely N-dealkylation sites (N-methyl/N-ethyl adjacent to an activating group) is 1. The van der Waals surface area contributed by atoms with Gasteiger partial charge in [-0.1, -0.05) is 102 Å². The summed E-state index contributed by atoms with van der Waals surface area (Å²) in [5.74, 6) is -2.31. The third-order valence-corrected chi connectivity index (χ3v) is 7.92. The number of rotatable bonds is 34. The van der Waals surface area contributed by atoms with Crippen LogP contribution in [0.1, 0.15) is 149 Å². The molecule has 0 fully saturated rings. The molecule has 2 unspecified atom stereocenters. The number of hydrogen-bond donors (Lipinski definition) is 0. The van der Waals surface area contributed by atoms with Gasteiger partial charge in [-0.15, -0.1) is 0 Å². The molecule has 2 atom stereocenters. The van der Waals surface area contributed by atoms with Gasteiger partial charge < -0.3 is 33.3 Å². The van der Waals surface area contributed by atoms with Crippen molar-refractivity contribution in [2.24, 2.45) is 0 Å². The number of aliphatic carboxylic acids is 1. The zero-order chi connectivity index (χ0) is 35.7. The molecule has 0 aliphatic heterocycles. The molecule has 0 aromatic heterocycles. The lowest BCUT2D eigenvalue weighted by molar-refractivity contribution is -0.870. The van der Waals surface area contributed by atoms with E-state index < -0.39 is 24.3 Å². The molecular weight excluding hydrogens is 610 g/mol. The van der Waals surface area contributed by atoms with Crippen LogP contribution in [0.25, 0.3) is 0 Å². The van der Waals surface area contributed by atoms with Crippen molar-refractivity contribution in [3.05, 3.63) is 24.3 Å². The lowest BCUT2D eigenvalue weighted by Crippen LogP contribution is -2.44. The monoisotopic (exact) mass is 682 g/mol. The highest BCUT2D eigenvalue weighted by atomic mass is 16.7. The van der Waals surface area contributed by atoms with Crippen molar-refractivity contribution in [3.8, 4) is 0 Å². The number of carbonyl (C=O) groups is 3. The molecule has 0 aliphatic rings. The molecule has 0 rings (SSSR count). The molecule has 0 spiro atoms. The number of nitrogens with zero attached hydrogens (tertiary/aromatic N) is 1. The van der Waals surface area contributed by atoms with Gasteiger partial charge in [0.2, 0.25) is 0 Å². The molecule has 280 valence electrons. The number of hydrogen-bond acceptors (Lipinski definition) is 8. The molecular formula is C39H71NO8. The lowest BCUT2D eigenvalue weighted by atomic mass is 10.1. The van der Waals surface area contributed by atoms with E-state index in [0.29, 0.717) is 17.4 Å². The van der Waals surface area contributed by atoms with Crippen LogP contribution in [-0.2, 0) is 33.3 Å². The number of carbonyl (C=O) groups excluding carboxylic acids is 3. The summed E-state index contributed by atoms with van der Waals surface area (Å²) in [6, 6.07) is 0. The average molecular weight is 682 g/mol. The molecule has 0 bridgehead atoms. The number of unbranched alkanes of at least 4 members (excludes halogenated alkanes) is 15. The van der Waals surface area contributed by atoms with Crippen LogP contribution in [0.2, 0.25) is 0 Å². The fraction of sp³-hybridized carbons (Fsp3) is 0.821. The van der Waals surface area contributed by atoms with Crippen LogP contribution in [0.4, 0.5) is 0 Å². The summed E-state index contributed by atoms with van der Waals surface area (Å²) in [5.41, 5.74) is 0. The van der Waals surface area contributed by atoms with Gasteiger partial charge in [-0.2, -0.15) is 0 Å². The Balaban J connectivity index is 4.58. The maximum Gasteiger partial charge on any atom is 0.306 e. The second kappa shape index (κ2) is 32.0. The first-order chi connectivity index (χ1) is 23.1. The third kappa shape index (κ3) is 32.3. The van der Waals surface area contributed by atoms with Gasteiger partial charge in [0, 0.05) is 12.8 Å². The van der Waals surface area contributed by atoms with Crippen LogP contribution in [0.3, 0.4) is 0 Å². The summed E-state index contributed by atoms with van der Waals surface area (Å²) < 4.78 is 22.4. The number of esters is 2. The largest absolute Gasteiger partial charge is 0.545 e. The van der Waals surface area contributed by atoms with E-state index in [4.69, 9.17) is 18.9 Å². The van der Waals surface area contributed by atoms with Gasteiger partial charge in [0.25, 0.3) is 0 Å². The van der Waals surface area contributed by atoms with Crippen LogP contribution < -0.4 is 5.11 Å². The van der Waals surface area contributed by atoms with Crippen molar-refractivity contribution in [3.63, 3.8) is 0 Å². The Kier molecular flexibility index (Phi) is 30.5. The molecule has 0 amide bonds. The molecule has 0 radical (unpaired) electrons. The number of carboxylic acids is 1. The molecule has 0 saturated heterocycles. The van der Waals surface area contributed by atoms with E-state index in [1.165, 1.54) is 32.1 Å². The van der Waals surface area contributed by atoms with E-state index >= 15 is 0 Å². The maximum atomic E-state index is 12.6. The standard InChI is InChI=1S/C39H71NO8/c1-6-8-10-12-14-16-18-20-22-24-26-28-30-37(42)48-35(34-47-39(38(43)44)45-32-31-40(3,4)5)33-46-36(41)29-27-25-23-21-19-17-15-13-11-9-7-2/h13-16,35,39H,6-12,17-34H2,1-5H3/b15-13-,16-14-. The molecule has 9 heteroatoms. The highest BCUT2D eigenvalue weighted by Crippen LogP contribution is 2.12. The summed E-state index contributed by atoms with van der Waals surface area (Å²) in [6.07, 6.45) is 27.8. The SMILES string of the molecule is CCCC/C=C\CCCCCCCC(=O)OCC(COC(OCC[N+](C)(C)C)C(=O)[O-])OC(=O)CCCCCCC/C=C\CCCCC. The number of quaternary nitrogens is 1. The summed E-state index contributed by atoms with van der Waals surface area (Å²) in [6.45, 7) is 4.63. The Bertz CT molecular complexity index is 851. The zero-order valence-corrected chi connectivity index (χ0v) is 31.4. The molecule has 0 aliphatic carbocycles. The Morgan fingerprint density at radius 3 is 1.60 bits per heavy atom. The van der Waals surface area contributed by atoms with E-state index in [1.54, 1.807) is 0 Å². The fourth-order valence-electron chi connectivity index (χ4n) is 4.86. The first kappa shape index (κ1) is 45.8. The van der Waals surface area contributed by atoms with Gasteiger partial charge in [0.1, 0.15) is 13.2 Å². The molecule has 0 aromatic carbocycles. The Labute approximate surface area is 293 Å². The van der Waals surface area contributed by atoms with Crippen molar-refractivity contribution in [1.82, 2.24) is 0 Å². The van der Waals surface area contributed by atoms with E-state index in [0.717, 1.165) is 83.5 Å². The molecule has 0 heterocycles. The second-order valence-electron chi connectivity index (χ2n) is 13.9. The molecule has 9 nitrogen and oxygen atoms in total. The first-order valence-electron chi connectivity index (χ1n) is 19.0. The van der Waals surface area contributed by atoms with Gasteiger partial charge in [-0.05, 0) is 57.8 Å². The van der Waals surface area contributed by atoms with Crippen molar-refractivity contribution in [1.29, 1.82) is 0 Å². The predicted octanol–water partition coefficient (Wildman–Crippen LogP) is 7.60. The molecule has 0 N–H and O–H groups in total. The van der Waals surface area contributed by atoms with Gasteiger partial charge in [0.15, 0.2) is 12.4 Å². The van der Waals surface area contributed by atoms with E-state index in [9.17, 15) is 19.5 Å². The number of allylic oxidation sites excluding steroid dienone is 4. The van der Waals surface area contributed by atoms with Crippen LogP contribution in [0.5, 0.6) is 0 Å². The van der Waals surface area contributed by atoms with Crippen molar-refractivity contribution < 1.29 is 42.9 Å². The molecule has 0 saturated carbocycles. The van der Waals surface area contributed by atoms with Crippen molar-refractivity contribution >= 4 is 17.9 Å². The van der Waals surface area contributed by atoms with Crippen LogP contribution in [-0.4, -0.2) is 82.3 Å². The summed E-state index contributed by atoms with van der Waals surface area (Å²) in [4.78, 5) is 36.7. The van der Waals surface area contributed by atoms with Crippen LogP contribution in [0.15, 0.2) is 24.3 Å². The Morgan fingerprint density at radius 2 is 1.08 bits per heavy atom. The maximum absolute atomic E-state index is 12.6. The Hall–Kier alpha value is -2.23. The number of carboxylic acid groups (broad SMARTS) is 1. The third-order valence-electron chi connectivity index (χ3n) is 7.92. The van der Waals surface area contributed by atoms with Crippen LogP contribution in [0, 0.1) is 0 Å². The summed E-state index contributed by atoms with van der Waals surface area (Å²) in [7, 11) is 5.89. The second-order valence-corrected chi connectivity index (χ2v) is 13.9. The predicted molar refractivity (Wildman–Crippen MR) is 191 cm³/mol. The first-order valence-corrected chi connectivity index (χ1v) is 19.0. The minimum atomic E-state index is -1.62. The quantitative estimate of drug-likeness (QED) is 0.0225. The molecule has 48 heavy (non-hydrogen) atoms. The van der Waals surface area contributed by atoms with Crippen molar-refractivity contribution in [2.75, 3.05) is 47.5 Å². The summed E-state index contributed by atoms with van der Waals surface area (Å²) in [5, 5.41) is 11.6. The van der Waals surface area contributed by atoms with E-state index in [2.05, 4.69) is 38.2 Å². The summed E-state index contributed by atoms with van der Waals surface area (Å²) >= 11 is 0. The zero-order valence-electron chi connectivity index (χ0n) is 31.4. The Morgan fingerprint density at radius 1 is 0.604 bits per heavy atom. The minimum absolute atomic E-state index is 0.145. The van der Waals surface area contributed by atoms with Gasteiger partial charge in [0.05, 0.1) is 40.3 Å². The smallest absolute Gasteiger partial charge is 0.306 e. The van der Waals surface area contributed by atoms with Gasteiger partial charge >= 0.3 is 11.9 Å². The fourth-order valence-corrected chi connectivity index (χ4v) is 4.86. The van der Waals surface area contributed by atoms with Gasteiger partial charge in [-0.25, -0.2) is 0 Å². The highest BCUT2D eigenvalue weighted by Gasteiger charge is 2.21. The van der Waals surface area contributed by atoms with Crippen LogP contribution >= 0.6 is 0 Å². The van der Waals surface area contributed by atoms with Crippen molar-refractivity contribution in [2.45, 2.75) is 161 Å². The topological polar surface area (TPSA) is 111 Å². The van der Waals surface area contributed by atoms with E-state index in [1.807, 2.05) is 21.1 Å². The average Bonchev–Trinajstić information content (AvgIpc) is 3.03. The van der Waals surface area contributed by atoms with Gasteiger partial charge in [-0.3, -0.25) is 9.59 Å². The normalized spacial score (nSPS) is 13.3. The van der Waals surface area contributed by atoms with E-state index in [-0.39, 0.29) is 38.6 Å². The number of ether oxygens (including phenoxy) is 4.